The van der Waals surface area contributed by atoms with Crippen molar-refractivity contribution in [3.8, 4) is 11.6 Å². The van der Waals surface area contributed by atoms with Gasteiger partial charge in [-0.25, -0.2) is 9.55 Å². The van der Waals surface area contributed by atoms with Crippen LogP contribution in [0.15, 0.2) is 30.6 Å². The molecule has 4 rings (SSSR count). The molecule has 3 aromatic rings. The van der Waals surface area contributed by atoms with Crippen molar-refractivity contribution in [3.63, 3.8) is 0 Å². The number of carbonyl (C=O) groups is 1. The molecule has 0 bridgehead atoms. The third-order valence-corrected chi connectivity index (χ3v) is 7.59. The molecule has 0 saturated heterocycles. The molecule has 12 nitrogen and oxygen atoms in total. The Labute approximate surface area is 206 Å². The minimum atomic E-state index is -3.97. The number of rotatable bonds is 10. The van der Waals surface area contributed by atoms with Crippen LogP contribution in [-0.4, -0.2) is 52.4 Å². The fourth-order valence-electron chi connectivity index (χ4n) is 3.79. The molecule has 0 radical (unpaired) electrons. The van der Waals surface area contributed by atoms with Crippen LogP contribution in [0, 0.1) is 5.92 Å². The first-order valence-electron chi connectivity index (χ1n) is 10.8. The van der Waals surface area contributed by atoms with Gasteiger partial charge in [-0.1, -0.05) is 23.7 Å². The number of imidazole rings is 1. The largest absolute Gasteiger partial charge is 0.479 e. The maximum atomic E-state index is 13.5. The van der Waals surface area contributed by atoms with Crippen LogP contribution in [0.2, 0.25) is 5.02 Å². The number of para-hydroxylation sites is 1. The van der Waals surface area contributed by atoms with Crippen molar-refractivity contribution in [3.05, 3.63) is 35.6 Å². The van der Waals surface area contributed by atoms with E-state index in [1.807, 2.05) is 4.57 Å². The van der Waals surface area contributed by atoms with Gasteiger partial charge in [-0.2, -0.15) is 15.1 Å². The lowest BCUT2D eigenvalue weighted by Gasteiger charge is -2.36. The van der Waals surface area contributed by atoms with Crippen molar-refractivity contribution in [1.29, 1.82) is 0 Å². The zero-order chi connectivity index (χ0) is 25.2. The van der Waals surface area contributed by atoms with Crippen LogP contribution in [0.5, 0.6) is 11.6 Å². The van der Waals surface area contributed by atoms with Gasteiger partial charge in [0.15, 0.2) is 11.2 Å². The number of fused-ring (bicyclic) bond motifs is 1. The molecule has 1 aliphatic carbocycles. The summed E-state index contributed by atoms with van der Waals surface area (Å²) in [7, 11) is -1.23. The number of anilines is 1. The van der Waals surface area contributed by atoms with Crippen molar-refractivity contribution < 1.29 is 27.9 Å². The van der Waals surface area contributed by atoms with Gasteiger partial charge >= 0.3 is 13.7 Å². The van der Waals surface area contributed by atoms with E-state index in [1.165, 1.54) is 21.1 Å². The molecular weight excluding hydrogens is 499 g/mol. The zero-order valence-electron chi connectivity index (χ0n) is 19.4. The van der Waals surface area contributed by atoms with Crippen LogP contribution >= 0.6 is 19.3 Å². The molecule has 1 aliphatic rings. The third kappa shape index (κ3) is 5.51. The Hall–Kier alpha value is -2.92. The number of hydrogen-bond acceptors (Lipinski definition) is 10. The van der Waals surface area contributed by atoms with Crippen LogP contribution in [0.1, 0.15) is 25.8 Å². The molecule has 0 spiro atoms. The Morgan fingerprint density at radius 3 is 2.74 bits per heavy atom. The first-order chi connectivity index (χ1) is 16.7. The topological polar surface area (TPSA) is 153 Å². The van der Waals surface area contributed by atoms with E-state index in [2.05, 4.69) is 20.0 Å². The summed E-state index contributed by atoms with van der Waals surface area (Å²) in [4.78, 5) is 24.6. The lowest BCUT2D eigenvalue weighted by molar-refractivity contribution is -0.142. The normalized spacial score (nSPS) is 20.0. The molecule has 35 heavy (non-hydrogen) atoms. The molecule has 14 heteroatoms. The molecule has 1 fully saturated rings. The summed E-state index contributed by atoms with van der Waals surface area (Å²) in [6.45, 7) is 1.63. The summed E-state index contributed by atoms with van der Waals surface area (Å²) in [5, 5.41) is 2.88. The molecule has 1 unspecified atom stereocenters. The van der Waals surface area contributed by atoms with Gasteiger partial charge in [0.25, 0.3) is 0 Å². The van der Waals surface area contributed by atoms with E-state index < -0.39 is 19.8 Å². The average Bonchev–Trinajstić information content (AvgIpc) is 3.21. The predicted molar refractivity (Wildman–Crippen MR) is 128 cm³/mol. The Balaban J connectivity index is 1.43. The third-order valence-electron chi connectivity index (χ3n) is 5.65. The smallest absolute Gasteiger partial charge is 0.459 e. The van der Waals surface area contributed by atoms with Crippen LogP contribution in [0.25, 0.3) is 11.2 Å². The summed E-state index contributed by atoms with van der Waals surface area (Å²) in [5.74, 6) is 0.0539. The average molecular weight is 525 g/mol. The van der Waals surface area contributed by atoms with Gasteiger partial charge in [0.05, 0.1) is 32.2 Å². The highest BCUT2D eigenvalue weighted by molar-refractivity contribution is 7.52. The SMILES string of the molecule is COC(=O)[C@H](C)NP(=O)(OC[C@H]1C[C@@H](n2cnc3c(OC)nc(N)nc32)C1)Oc1ccccc1Cl. The van der Waals surface area contributed by atoms with Crippen molar-refractivity contribution in [2.24, 2.45) is 5.92 Å². The number of ether oxygens (including phenoxy) is 2. The lowest BCUT2D eigenvalue weighted by Crippen LogP contribution is -2.36. The number of nitrogens with two attached hydrogens (primary N) is 1. The number of esters is 1. The molecular formula is C21H26ClN6O6P. The van der Waals surface area contributed by atoms with Crippen LogP contribution < -0.4 is 20.1 Å². The fourth-order valence-corrected chi connectivity index (χ4v) is 5.60. The van der Waals surface area contributed by atoms with Gasteiger partial charge < -0.3 is 24.3 Å². The van der Waals surface area contributed by atoms with E-state index in [4.69, 9.17) is 35.9 Å². The Bertz CT molecular complexity index is 1270. The second-order valence-corrected chi connectivity index (χ2v) is 10.2. The molecule has 188 valence electrons. The van der Waals surface area contributed by atoms with E-state index in [0.717, 1.165) is 12.8 Å². The molecule has 3 N–H and O–H groups in total. The summed E-state index contributed by atoms with van der Waals surface area (Å²) >= 11 is 6.16. The monoisotopic (exact) mass is 524 g/mol. The van der Waals surface area contributed by atoms with Gasteiger partial charge in [0.2, 0.25) is 11.8 Å². The Morgan fingerprint density at radius 2 is 2.06 bits per heavy atom. The maximum absolute atomic E-state index is 13.5. The summed E-state index contributed by atoms with van der Waals surface area (Å²) in [6.07, 6.45) is 3.11. The predicted octanol–water partition coefficient (Wildman–Crippen LogP) is 3.38. The van der Waals surface area contributed by atoms with E-state index in [9.17, 15) is 9.36 Å². The fraction of sp³-hybridized carbons (Fsp3) is 0.429. The minimum Gasteiger partial charge on any atom is -0.479 e. The van der Waals surface area contributed by atoms with Crippen LogP contribution in [0.4, 0.5) is 5.95 Å². The molecule has 2 aromatic heterocycles. The highest BCUT2D eigenvalue weighted by Crippen LogP contribution is 2.49. The van der Waals surface area contributed by atoms with Gasteiger partial charge in [0, 0.05) is 6.04 Å². The van der Waals surface area contributed by atoms with Gasteiger partial charge in [0.1, 0.15) is 11.8 Å². The second-order valence-electron chi connectivity index (χ2n) is 8.10. The van der Waals surface area contributed by atoms with E-state index >= 15 is 0 Å². The molecule has 2 atom stereocenters. The van der Waals surface area contributed by atoms with Crippen molar-refractivity contribution in [1.82, 2.24) is 24.6 Å². The van der Waals surface area contributed by atoms with Crippen molar-refractivity contribution in [2.45, 2.75) is 31.8 Å². The van der Waals surface area contributed by atoms with Gasteiger partial charge in [-0.3, -0.25) is 9.32 Å². The summed E-state index contributed by atoms with van der Waals surface area (Å²) in [6, 6.07) is 5.73. The van der Waals surface area contributed by atoms with Gasteiger partial charge in [-0.15, -0.1) is 0 Å². The number of methoxy groups -OCH3 is 2. The number of nitrogen functional groups attached to an aromatic ring is 1. The molecule has 0 aliphatic heterocycles. The highest BCUT2D eigenvalue weighted by Gasteiger charge is 2.37. The number of aromatic nitrogens is 4. The Morgan fingerprint density at radius 1 is 1.31 bits per heavy atom. The molecule has 1 saturated carbocycles. The summed E-state index contributed by atoms with van der Waals surface area (Å²) < 4.78 is 36.8. The van der Waals surface area contributed by atoms with E-state index in [-0.39, 0.29) is 35.3 Å². The number of hydrogen-bond donors (Lipinski definition) is 2. The molecule has 1 aromatic carbocycles. The van der Waals surface area contributed by atoms with Crippen molar-refractivity contribution in [2.75, 3.05) is 26.6 Å². The molecule has 0 amide bonds. The Kier molecular flexibility index (Phi) is 7.46. The van der Waals surface area contributed by atoms with Gasteiger partial charge in [-0.05, 0) is 37.8 Å². The number of nitrogens with one attached hydrogen (secondary N) is 1. The first-order valence-corrected chi connectivity index (χ1v) is 12.7. The quantitative estimate of drug-likeness (QED) is 0.296. The first kappa shape index (κ1) is 25.2. The minimum absolute atomic E-state index is 0.0805. The highest BCUT2D eigenvalue weighted by atomic mass is 35.5. The maximum Gasteiger partial charge on any atom is 0.459 e. The number of carbonyl (C=O) groups excluding carboxylic acids is 1. The standard InChI is InChI=1S/C21H26ClN6O6P/c1-12(20(29)32-3)27-35(30,34-16-7-5-4-6-15(16)22)33-10-13-8-14(9-13)28-11-24-17-18(28)25-21(23)26-19(17)31-2/h4-7,11-14H,8-10H2,1-3H3,(H,27,30)(H2,23,25,26)/t12-,13-,14+,35?/m0/s1. The number of halogens is 1. The number of benzene rings is 1. The molecule has 2 heterocycles. The number of nitrogens with zero attached hydrogens (tertiary/aromatic N) is 4. The van der Waals surface area contributed by atoms with Crippen molar-refractivity contribution >= 4 is 42.4 Å². The van der Waals surface area contributed by atoms with Crippen LogP contribution in [-0.2, 0) is 18.6 Å². The van der Waals surface area contributed by atoms with E-state index in [0.29, 0.717) is 17.0 Å². The zero-order valence-corrected chi connectivity index (χ0v) is 21.0. The lowest BCUT2D eigenvalue weighted by atomic mass is 9.81. The van der Waals surface area contributed by atoms with Crippen LogP contribution in [0.3, 0.4) is 0 Å². The second kappa shape index (κ2) is 10.4. The summed E-state index contributed by atoms with van der Waals surface area (Å²) in [5.41, 5.74) is 6.91. The van der Waals surface area contributed by atoms with E-state index in [1.54, 1.807) is 30.6 Å².